The number of carbonyl (C=O) groups excluding carboxylic acids is 2. The lowest BCUT2D eigenvalue weighted by atomic mass is 10.0. The Balaban J connectivity index is 1.45. The number of halogens is 1. The van der Waals surface area contributed by atoms with Crippen LogP contribution in [0.5, 0.6) is 0 Å². The van der Waals surface area contributed by atoms with Crippen LogP contribution in [0.1, 0.15) is 30.9 Å². The number of hydrogen-bond acceptors (Lipinski definition) is 6. The minimum atomic E-state index is -0.263. The van der Waals surface area contributed by atoms with Crippen LogP contribution in [0.15, 0.2) is 66.7 Å². The average molecular weight is 574 g/mol. The topological polar surface area (TPSA) is 133 Å². The van der Waals surface area contributed by atoms with Gasteiger partial charge in [-0.15, -0.1) is 0 Å². The van der Waals surface area contributed by atoms with E-state index in [-0.39, 0.29) is 31.2 Å². The molecule has 0 aromatic heterocycles. The molecule has 3 aromatic rings. The van der Waals surface area contributed by atoms with E-state index in [0.29, 0.717) is 29.5 Å². The van der Waals surface area contributed by atoms with Crippen molar-refractivity contribution in [2.24, 2.45) is 0 Å². The fourth-order valence-corrected chi connectivity index (χ4v) is 4.51. The number of nitrogens with one attached hydrogen (secondary N) is 6. The van der Waals surface area contributed by atoms with Crippen molar-refractivity contribution in [3.8, 4) is 11.1 Å². The first-order valence-electron chi connectivity index (χ1n) is 13.3. The van der Waals surface area contributed by atoms with E-state index in [1.165, 1.54) is 4.90 Å². The van der Waals surface area contributed by atoms with Crippen LogP contribution < -0.4 is 26.2 Å². The molecule has 3 rings (SSSR count). The molecule has 3 aromatic carbocycles. The number of rotatable bonds is 15. The summed E-state index contributed by atoms with van der Waals surface area (Å²) in [4.78, 5) is 26.3. The van der Waals surface area contributed by atoms with Gasteiger partial charge in [-0.1, -0.05) is 66.2 Å². The maximum absolute atomic E-state index is 12.7. The molecule has 0 spiro atoms. The second-order valence-electron chi connectivity index (χ2n) is 9.13. The Morgan fingerprint density at radius 3 is 2.29 bits per heavy atom. The Kier molecular flexibility index (Phi) is 12.1. The van der Waals surface area contributed by atoms with Gasteiger partial charge in [0.1, 0.15) is 0 Å². The number of amides is 2. The smallest absolute Gasteiger partial charge is 0.226 e. The van der Waals surface area contributed by atoms with Gasteiger partial charge in [0.2, 0.25) is 11.8 Å². The molecule has 214 valence electrons. The summed E-state index contributed by atoms with van der Waals surface area (Å²) in [5.74, 6) is -0.412. The Labute approximate surface area is 246 Å². The Hall–Kier alpha value is -4.47. The van der Waals surface area contributed by atoms with Crippen LogP contribution in [0.25, 0.3) is 17.2 Å². The largest absolute Gasteiger partial charge is 0.388 e. The van der Waals surface area contributed by atoms with Crippen molar-refractivity contribution in [2.75, 3.05) is 35.7 Å². The van der Waals surface area contributed by atoms with Crippen LogP contribution in [0.2, 0.25) is 5.02 Å². The summed E-state index contributed by atoms with van der Waals surface area (Å²) < 4.78 is 0. The van der Waals surface area contributed by atoms with Crippen LogP contribution >= 0.6 is 11.6 Å². The lowest BCUT2D eigenvalue weighted by Crippen LogP contribution is -2.30. The standard InChI is InChI=1S/C31H36ClN7O2/c1-3-7-26-28(35-2)17-24(39(20-33)21-34)18-29(26)38-31(41)13-15-37-30(40)12-14-36-19-22-10-11-25(27(32)16-22)23-8-5-4-6-9-23/h3-11,16-18,20-21,33-36H,12-15,19H2,1-2H3,(H,37,40)(H,38,41)/b7-3-,33-20?,34-21?. The third kappa shape index (κ3) is 9.02. The molecule has 41 heavy (non-hydrogen) atoms. The van der Waals surface area contributed by atoms with Crippen molar-refractivity contribution in [1.82, 2.24) is 10.6 Å². The molecule has 0 saturated heterocycles. The quantitative estimate of drug-likeness (QED) is 0.0785. The summed E-state index contributed by atoms with van der Waals surface area (Å²) in [7, 11) is 1.76. The molecule has 0 fully saturated rings. The van der Waals surface area contributed by atoms with Gasteiger partial charge in [0.15, 0.2) is 0 Å². The van der Waals surface area contributed by atoms with Gasteiger partial charge in [0, 0.05) is 61.4 Å². The van der Waals surface area contributed by atoms with E-state index in [2.05, 4.69) is 21.3 Å². The van der Waals surface area contributed by atoms with Crippen molar-refractivity contribution in [2.45, 2.75) is 26.3 Å². The second kappa shape index (κ2) is 16.0. The Morgan fingerprint density at radius 2 is 1.63 bits per heavy atom. The molecule has 9 nitrogen and oxygen atoms in total. The summed E-state index contributed by atoms with van der Waals surface area (Å²) in [6.07, 6.45) is 6.13. The predicted octanol–water partition coefficient (Wildman–Crippen LogP) is 5.73. The number of hydrogen-bond donors (Lipinski definition) is 6. The summed E-state index contributed by atoms with van der Waals surface area (Å²) in [6, 6.07) is 19.4. The second-order valence-corrected chi connectivity index (χ2v) is 9.53. The fourth-order valence-electron chi connectivity index (χ4n) is 4.20. The fraction of sp³-hybridized carbons (Fsp3) is 0.226. The normalized spacial score (nSPS) is 10.7. The zero-order valence-corrected chi connectivity index (χ0v) is 24.0. The third-order valence-electron chi connectivity index (χ3n) is 6.27. The van der Waals surface area contributed by atoms with Gasteiger partial charge >= 0.3 is 0 Å². The SMILES string of the molecule is C/C=C\c1c(NC)cc(N(C=N)C=N)cc1NC(=O)CCNC(=O)CCNCc1ccc(-c2ccccc2)c(Cl)c1. The first kappa shape index (κ1) is 31.1. The molecule has 0 heterocycles. The number of anilines is 3. The van der Waals surface area contributed by atoms with Crippen molar-refractivity contribution in [1.29, 1.82) is 10.8 Å². The molecule has 0 radical (unpaired) electrons. The summed E-state index contributed by atoms with van der Waals surface area (Å²) >= 11 is 6.48. The monoisotopic (exact) mass is 573 g/mol. The van der Waals surface area contributed by atoms with Gasteiger partial charge in [0.25, 0.3) is 0 Å². The highest BCUT2D eigenvalue weighted by molar-refractivity contribution is 6.33. The molecule has 10 heteroatoms. The average Bonchev–Trinajstić information content (AvgIpc) is 2.97. The minimum Gasteiger partial charge on any atom is -0.388 e. The van der Waals surface area contributed by atoms with Gasteiger partial charge in [-0.3, -0.25) is 25.3 Å². The number of carbonyl (C=O) groups is 2. The van der Waals surface area contributed by atoms with Gasteiger partial charge in [-0.05, 0) is 36.2 Å². The minimum absolute atomic E-state index is 0.0959. The molecule has 0 bridgehead atoms. The van der Waals surface area contributed by atoms with Crippen molar-refractivity contribution in [3.05, 3.63) is 82.9 Å². The van der Waals surface area contributed by atoms with E-state index in [4.69, 9.17) is 22.4 Å². The van der Waals surface area contributed by atoms with Crippen molar-refractivity contribution < 1.29 is 9.59 Å². The Morgan fingerprint density at radius 1 is 0.927 bits per heavy atom. The zero-order chi connectivity index (χ0) is 29.6. The maximum Gasteiger partial charge on any atom is 0.226 e. The molecular weight excluding hydrogens is 538 g/mol. The molecule has 0 aliphatic carbocycles. The van der Waals surface area contributed by atoms with E-state index in [9.17, 15) is 9.59 Å². The highest BCUT2D eigenvalue weighted by Crippen LogP contribution is 2.32. The molecule has 0 unspecified atom stereocenters. The lowest BCUT2D eigenvalue weighted by Gasteiger charge is -2.19. The van der Waals surface area contributed by atoms with Gasteiger partial charge in [-0.2, -0.15) is 0 Å². The molecule has 6 N–H and O–H groups in total. The predicted molar refractivity (Wildman–Crippen MR) is 170 cm³/mol. The maximum atomic E-state index is 12.7. The number of allylic oxidation sites excluding steroid dienone is 1. The Bertz CT molecular complexity index is 1380. The lowest BCUT2D eigenvalue weighted by molar-refractivity contribution is -0.121. The van der Waals surface area contributed by atoms with E-state index in [0.717, 1.165) is 40.6 Å². The van der Waals surface area contributed by atoms with Gasteiger partial charge in [0.05, 0.1) is 24.1 Å². The van der Waals surface area contributed by atoms with E-state index in [1.54, 1.807) is 19.2 Å². The van der Waals surface area contributed by atoms with Crippen molar-refractivity contribution in [3.63, 3.8) is 0 Å². The number of benzene rings is 3. The highest BCUT2D eigenvalue weighted by atomic mass is 35.5. The summed E-state index contributed by atoms with van der Waals surface area (Å²) in [5.41, 5.74) is 5.67. The zero-order valence-electron chi connectivity index (χ0n) is 23.3. The first-order chi connectivity index (χ1) is 19.9. The summed E-state index contributed by atoms with van der Waals surface area (Å²) in [6.45, 7) is 3.15. The molecule has 2 amide bonds. The molecular formula is C31H36ClN7O2. The third-order valence-corrected chi connectivity index (χ3v) is 6.58. The van der Waals surface area contributed by atoms with E-state index < -0.39 is 0 Å². The van der Waals surface area contributed by atoms with Crippen LogP contribution in [-0.4, -0.2) is 44.6 Å². The molecule has 0 atom stereocenters. The molecule has 0 saturated carbocycles. The van der Waals surface area contributed by atoms with Gasteiger partial charge < -0.3 is 21.3 Å². The van der Waals surface area contributed by atoms with E-state index in [1.807, 2.05) is 67.6 Å². The van der Waals surface area contributed by atoms with Crippen LogP contribution in [0.3, 0.4) is 0 Å². The number of nitrogens with zero attached hydrogens (tertiary/aromatic N) is 1. The highest BCUT2D eigenvalue weighted by Gasteiger charge is 2.14. The van der Waals surface area contributed by atoms with Crippen molar-refractivity contribution >= 4 is 59.2 Å². The molecule has 0 aliphatic rings. The van der Waals surface area contributed by atoms with E-state index >= 15 is 0 Å². The van der Waals surface area contributed by atoms with Gasteiger partial charge in [-0.25, -0.2) is 0 Å². The van der Waals surface area contributed by atoms with Crippen LogP contribution in [0, 0.1) is 10.8 Å². The van der Waals surface area contributed by atoms with Crippen LogP contribution in [0.4, 0.5) is 17.1 Å². The van der Waals surface area contributed by atoms with Crippen LogP contribution in [-0.2, 0) is 16.1 Å². The summed E-state index contributed by atoms with van der Waals surface area (Å²) in [5, 5.41) is 27.8. The first-order valence-corrected chi connectivity index (χ1v) is 13.7. The molecule has 0 aliphatic heterocycles.